The second-order valence-electron chi connectivity index (χ2n) is 3.65. The van der Waals surface area contributed by atoms with E-state index in [9.17, 15) is 4.57 Å². The van der Waals surface area contributed by atoms with Gasteiger partial charge < -0.3 is 4.89 Å². The second kappa shape index (κ2) is 8.77. The Morgan fingerprint density at radius 2 is 1.77 bits per heavy atom. The second-order valence-corrected chi connectivity index (χ2v) is 5.14. The van der Waals surface area contributed by atoms with Gasteiger partial charge in [0.05, 0.1) is 0 Å². The van der Waals surface area contributed by atoms with Gasteiger partial charge in [0.2, 0.25) is 0 Å². The van der Waals surface area contributed by atoms with Gasteiger partial charge in [0.25, 0.3) is 0 Å². The van der Waals surface area contributed by atoms with Crippen LogP contribution in [-0.2, 0) is 4.57 Å². The summed E-state index contributed by atoms with van der Waals surface area (Å²) in [6.07, 6.45) is 7.96. The van der Waals surface area contributed by atoms with E-state index in [1.165, 1.54) is 25.7 Å². The molecule has 0 aliphatic carbocycles. The molecule has 1 N–H and O–H groups in total. The van der Waals surface area contributed by atoms with Crippen LogP contribution in [0.25, 0.3) is 0 Å². The van der Waals surface area contributed by atoms with Crippen molar-refractivity contribution in [1.82, 2.24) is 0 Å². The van der Waals surface area contributed by atoms with Gasteiger partial charge in [0, 0.05) is 5.66 Å². The molecule has 0 saturated heterocycles. The van der Waals surface area contributed by atoms with Crippen molar-refractivity contribution in [2.45, 2.75) is 64.5 Å². The summed E-state index contributed by atoms with van der Waals surface area (Å²) in [5.74, 6) is 0. The predicted molar refractivity (Wildman–Crippen MR) is 58.7 cm³/mol. The fourth-order valence-electron chi connectivity index (χ4n) is 1.50. The lowest BCUT2D eigenvalue weighted by Gasteiger charge is -2.09. The monoisotopic (exact) mass is 206 g/mol. The number of unbranched alkanes of at least 4 members (excludes halogenated alkanes) is 4. The summed E-state index contributed by atoms with van der Waals surface area (Å²) in [4.78, 5) is 8.96. The van der Waals surface area contributed by atoms with Crippen molar-refractivity contribution in [3.8, 4) is 0 Å². The Bertz CT molecular complexity index is 137. The van der Waals surface area contributed by atoms with Crippen molar-refractivity contribution in [1.29, 1.82) is 0 Å². The van der Waals surface area contributed by atoms with Gasteiger partial charge in [0.15, 0.2) is 8.03 Å². The summed E-state index contributed by atoms with van der Waals surface area (Å²) in [6, 6.07) is 0. The van der Waals surface area contributed by atoms with E-state index in [2.05, 4.69) is 6.92 Å². The van der Waals surface area contributed by atoms with E-state index >= 15 is 0 Å². The highest BCUT2D eigenvalue weighted by Crippen LogP contribution is 2.29. The smallest absolute Gasteiger partial charge is 0.192 e. The standard InChI is InChI=1S/C10H23O2P/c1-3-5-6-7-8-9-10(4-2)13(11)12/h10,13H,3-9H2,1-2H3,(H,11,12). The Morgan fingerprint density at radius 3 is 2.23 bits per heavy atom. The van der Waals surface area contributed by atoms with E-state index in [0.717, 1.165) is 19.3 Å². The molecule has 80 valence electrons. The summed E-state index contributed by atoms with van der Waals surface area (Å²) >= 11 is 0. The van der Waals surface area contributed by atoms with E-state index in [1.807, 2.05) is 6.92 Å². The molecular weight excluding hydrogens is 183 g/mol. The van der Waals surface area contributed by atoms with Gasteiger partial charge in [0.1, 0.15) is 0 Å². The first-order chi connectivity index (χ1) is 6.22. The van der Waals surface area contributed by atoms with Crippen molar-refractivity contribution in [2.75, 3.05) is 0 Å². The number of hydrogen-bond acceptors (Lipinski definition) is 1. The van der Waals surface area contributed by atoms with Crippen molar-refractivity contribution in [3.05, 3.63) is 0 Å². The molecule has 0 aliphatic heterocycles. The third-order valence-electron chi connectivity index (χ3n) is 2.50. The van der Waals surface area contributed by atoms with Gasteiger partial charge in [-0.25, -0.2) is 0 Å². The first kappa shape index (κ1) is 13.2. The molecule has 0 radical (unpaired) electrons. The third kappa shape index (κ3) is 7.28. The molecule has 0 saturated carbocycles. The molecule has 2 atom stereocenters. The van der Waals surface area contributed by atoms with Gasteiger partial charge in [-0.05, 0) is 12.8 Å². The molecule has 0 aromatic heterocycles. The minimum Gasteiger partial charge on any atom is -0.346 e. The summed E-state index contributed by atoms with van der Waals surface area (Å²) in [6.45, 7) is 4.19. The SMILES string of the molecule is CCCCCCCC(CC)[PH](=O)O. The fraction of sp³-hybridized carbons (Fsp3) is 1.00. The maximum atomic E-state index is 10.8. The van der Waals surface area contributed by atoms with Crippen LogP contribution in [0.3, 0.4) is 0 Å². The predicted octanol–water partition coefficient (Wildman–Crippen LogP) is 3.59. The quantitative estimate of drug-likeness (QED) is 0.486. The number of rotatable bonds is 8. The molecule has 0 aromatic rings. The Hall–Kier alpha value is 0.190. The molecule has 2 unspecified atom stereocenters. The molecule has 0 spiro atoms. The van der Waals surface area contributed by atoms with Crippen LogP contribution in [0.5, 0.6) is 0 Å². The van der Waals surface area contributed by atoms with Crippen molar-refractivity contribution < 1.29 is 9.46 Å². The van der Waals surface area contributed by atoms with E-state index in [0.29, 0.717) is 0 Å². The molecule has 0 bridgehead atoms. The highest BCUT2D eigenvalue weighted by molar-refractivity contribution is 7.38. The molecule has 0 aliphatic rings. The first-order valence-electron chi connectivity index (χ1n) is 5.45. The molecule has 13 heavy (non-hydrogen) atoms. The Labute approximate surface area is 82.6 Å². The molecule has 0 aromatic carbocycles. The van der Waals surface area contributed by atoms with E-state index in [4.69, 9.17) is 4.89 Å². The van der Waals surface area contributed by atoms with Gasteiger partial charge in [-0.3, -0.25) is 4.57 Å². The summed E-state index contributed by atoms with van der Waals surface area (Å²) < 4.78 is 10.8. The fourth-order valence-corrected chi connectivity index (χ4v) is 2.30. The molecule has 0 rings (SSSR count). The van der Waals surface area contributed by atoms with Gasteiger partial charge >= 0.3 is 0 Å². The lowest BCUT2D eigenvalue weighted by molar-refractivity contribution is 0.474. The molecule has 3 heteroatoms. The van der Waals surface area contributed by atoms with Crippen LogP contribution >= 0.6 is 8.03 Å². The lowest BCUT2D eigenvalue weighted by atomic mass is 10.1. The summed E-state index contributed by atoms with van der Waals surface area (Å²) in [5, 5.41) is 0. The van der Waals surface area contributed by atoms with E-state index in [-0.39, 0.29) is 5.66 Å². The van der Waals surface area contributed by atoms with Crippen LogP contribution in [0.4, 0.5) is 0 Å². The zero-order valence-electron chi connectivity index (χ0n) is 8.88. The largest absolute Gasteiger partial charge is 0.346 e. The highest BCUT2D eigenvalue weighted by atomic mass is 31.1. The topological polar surface area (TPSA) is 37.3 Å². The Kier molecular flexibility index (Phi) is 8.90. The van der Waals surface area contributed by atoms with Crippen LogP contribution in [0.2, 0.25) is 0 Å². The van der Waals surface area contributed by atoms with Gasteiger partial charge in [-0.2, -0.15) is 0 Å². The lowest BCUT2D eigenvalue weighted by Crippen LogP contribution is -1.99. The molecule has 0 fully saturated rings. The minimum atomic E-state index is -2.27. The molecule has 0 amide bonds. The van der Waals surface area contributed by atoms with Crippen molar-refractivity contribution in [3.63, 3.8) is 0 Å². The first-order valence-corrected chi connectivity index (χ1v) is 6.88. The van der Waals surface area contributed by atoms with E-state index < -0.39 is 8.03 Å². The zero-order valence-corrected chi connectivity index (χ0v) is 9.88. The average Bonchev–Trinajstić information content (AvgIpc) is 2.10. The Morgan fingerprint density at radius 1 is 1.15 bits per heavy atom. The third-order valence-corrected chi connectivity index (χ3v) is 3.89. The van der Waals surface area contributed by atoms with Crippen LogP contribution in [0.1, 0.15) is 58.8 Å². The van der Waals surface area contributed by atoms with Crippen LogP contribution < -0.4 is 0 Å². The average molecular weight is 206 g/mol. The van der Waals surface area contributed by atoms with E-state index in [1.54, 1.807) is 0 Å². The Balaban J connectivity index is 3.33. The molecule has 0 heterocycles. The van der Waals surface area contributed by atoms with Crippen LogP contribution in [0, 0.1) is 0 Å². The minimum absolute atomic E-state index is 0.0756. The maximum Gasteiger partial charge on any atom is 0.192 e. The number of hydrogen-bond donors (Lipinski definition) is 1. The van der Waals surface area contributed by atoms with Gasteiger partial charge in [-0.1, -0.05) is 46.0 Å². The summed E-state index contributed by atoms with van der Waals surface area (Å²) in [7, 11) is -2.27. The normalized spacial score (nSPS) is 15.6. The van der Waals surface area contributed by atoms with Crippen molar-refractivity contribution >= 4 is 8.03 Å². The molecular formula is C10H23O2P. The summed E-state index contributed by atoms with van der Waals surface area (Å²) in [5.41, 5.74) is 0.0756. The highest BCUT2D eigenvalue weighted by Gasteiger charge is 2.10. The van der Waals surface area contributed by atoms with Gasteiger partial charge in [-0.15, -0.1) is 0 Å². The zero-order chi connectivity index (χ0) is 10.1. The van der Waals surface area contributed by atoms with Crippen LogP contribution in [0.15, 0.2) is 0 Å². The van der Waals surface area contributed by atoms with Crippen LogP contribution in [-0.4, -0.2) is 10.6 Å². The maximum absolute atomic E-state index is 10.8. The van der Waals surface area contributed by atoms with Crippen molar-refractivity contribution in [2.24, 2.45) is 0 Å². The molecule has 2 nitrogen and oxygen atoms in total.